The predicted molar refractivity (Wildman–Crippen MR) is 106 cm³/mol. The first-order valence-electron chi connectivity index (χ1n) is 9.97. The quantitative estimate of drug-likeness (QED) is 0.600. The van der Waals surface area contributed by atoms with Crippen molar-refractivity contribution in [2.45, 2.75) is 74.8 Å². The molecule has 0 radical (unpaired) electrons. The van der Waals surface area contributed by atoms with Crippen molar-refractivity contribution in [3.8, 4) is 6.07 Å². The van der Waals surface area contributed by atoms with E-state index in [1.54, 1.807) is 0 Å². The zero-order valence-electron chi connectivity index (χ0n) is 16.3. The number of nitriles is 1. The van der Waals surface area contributed by atoms with Crippen LogP contribution in [-0.2, 0) is 6.18 Å². The maximum Gasteiger partial charge on any atom is 0.416 e. The average Bonchev–Trinajstić information content (AvgIpc) is 3.44. The molecular formula is C21H24F3N3OS. The fraction of sp³-hybridized carbons (Fsp3) is 0.619. The fourth-order valence-corrected chi connectivity index (χ4v) is 5.14. The summed E-state index contributed by atoms with van der Waals surface area (Å²) in [6.45, 7) is 2.04. The monoisotopic (exact) mass is 423 g/mol. The van der Waals surface area contributed by atoms with Crippen LogP contribution in [0, 0.1) is 16.7 Å². The lowest BCUT2D eigenvalue weighted by atomic mass is 9.58. The van der Waals surface area contributed by atoms with Crippen LogP contribution in [0.2, 0.25) is 0 Å². The SMILES string of the molecule is CC1(SNc2cc(C(F)(F)F)ccc2C(=O)NC23CCC(C#N)(CC2)CC3)CC1. The van der Waals surface area contributed by atoms with Crippen molar-refractivity contribution >= 4 is 23.5 Å². The third-order valence-corrected chi connectivity index (χ3v) is 8.04. The van der Waals surface area contributed by atoms with Crippen LogP contribution in [0.25, 0.3) is 0 Å². The summed E-state index contributed by atoms with van der Waals surface area (Å²) >= 11 is 1.38. The van der Waals surface area contributed by atoms with E-state index in [1.807, 2.05) is 6.92 Å². The van der Waals surface area contributed by atoms with Crippen LogP contribution in [0.15, 0.2) is 18.2 Å². The predicted octanol–water partition coefficient (Wildman–Crippen LogP) is 5.66. The molecule has 29 heavy (non-hydrogen) atoms. The minimum absolute atomic E-state index is 0.00797. The molecule has 0 spiro atoms. The van der Waals surface area contributed by atoms with Gasteiger partial charge in [-0.3, -0.25) is 4.79 Å². The second-order valence-electron chi connectivity index (χ2n) is 9.04. The summed E-state index contributed by atoms with van der Waals surface area (Å²) in [5.74, 6) is -0.353. The van der Waals surface area contributed by atoms with Crippen molar-refractivity contribution in [3.05, 3.63) is 29.3 Å². The van der Waals surface area contributed by atoms with Crippen LogP contribution in [0.3, 0.4) is 0 Å². The van der Waals surface area contributed by atoms with E-state index in [1.165, 1.54) is 18.0 Å². The first-order chi connectivity index (χ1) is 13.6. The molecule has 0 aromatic heterocycles. The highest BCUT2D eigenvalue weighted by molar-refractivity contribution is 8.02. The van der Waals surface area contributed by atoms with Crippen LogP contribution >= 0.6 is 11.9 Å². The van der Waals surface area contributed by atoms with Crippen molar-refractivity contribution in [1.29, 1.82) is 5.26 Å². The van der Waals surface area contributed by atoms with Crippen LogP contribution < -0.4 is 10.0 Å². The third-order valence-electron chi connectivity index (χ3n) is 6.82. The molecule has 2 bridgehead atoms. The standard InChI is InChI=1S/C21H24F3N3OS/c1-18(4-5-18)29-27-16-12-14(21(22,23)24)2-3-15(16)17(28)26-20-9-6-19(13-25,7-10-20)8-11-20/h2-3,12,27H,4-11H2,1H3,(H,26,28). The number of carbonyl (C=O) groups is 1. The Morgan fingerprint density at radius 2 is 1.72 bits per heavy atom. The number of anilines is 1. The van der Waals surface area contributed by atoms with E-state index in [2.05, 4.69) is 16.1 Å². The van der Waals surface area contributed by atoms with Crippen molar-refractivity contribution in [2.24, 2.45) is 5.41 Å². The smallest absolute Gasteiger partial charge is 0.347 e. The number of alkyl halides is 3. The molecule has 2 N–H and O–H groups in total. The van der Waals surface area contributed by atoms with Crippen molar-refractivity contribution < 1.29 is 18.0 Å². The molecule has 0 atom stereocenters. The van der Waals surface area contributed by atoms with E-state index < -0.39 is 11.7 Å². The summed E-state index contributed by atoms with van der Waals surface area (Å²) in [6, 6.07) is 5.69. The van der Waals surface area contributed by atoms with Gasteiger partial charge in [0.2, 0.25) is 0 Å². The Kier molecular flexibility index (Phi) is 4.80. The van der Waals surface area contributed by atoms with Gasteiger partial charge in [-0.15, -0.1) is 0 Å². The van der Waals surface area contributed by atoms with Crippen molar-refractivity contribution in [2.75, 3.05) is 4.72 Å². The summed E-state index contributed by atoms with van der Waals surface area (Å²) in [6.07, 6.45) is 2.02. The van der Waals surface area contributed by atoms with E-state index in [0.29, 0.717) is 0 Å². The lowest BCUT2D eigenvalue weighted by Crippen LogP contribution is -2.56. The minimum atomic E-state index is -4.47. The highest BCUT2D eigenvalue weighted by Gasteiger charge is 2.49. The largest absolute Gasteiger partial charge is 0.416 e. The van der Waals surface area contributed by atoms with Crippen molar-refractivity contribution in [1.82, 2.24) is 5.32 Å². The second-order valence-corrected chi connectivity index (χ2v) is 10.4. The number of hydrogen-bond acceptors (Lipinski definition) is 4. The first kappa shape index (κ1) is 20.4. The highest BCUT2D eigenvalue weighted by Crippen LogP contribution is 2.52. The van der Waals surface area contributed by atoms with Gasteiger partial charge in [0.25, 0.3) is 5.91 Å². The maximum absolute atomic E-state index is 13.2. The molecule has 0 heterocycles. The van der Waals surface area contributed by atoms with E-state index >= 15 is 0 Å². The van der Waals surface area contributed by atoms with Crippen LogP contribution in [0.5, 0.6) is 0 Å². The molecule has 8 heteroatoms. The Morgan fingerprint density at radius 1 is 1.10 bits per heavy atom. The zero-order valence-corrected chi connectivity index (χ0v) is 17.1. The number of halogens is 3. The lowest BCUT2D eigenvalue weighted by molar-refractivity contribution is -0.137. The molecule has 4 aliphatic rings. The van der Waals surface area contributed by atoms with Gasteiger partial charge in [-0.25, -0.2) is 0 Å². The van der Waals surface area contributed by atoms with Gasteiger partial charge in [-0.05, 0) is 88.4 Å². The molecule has 0 saturated heterocycles. The van der Waals surface area contributed by atoms with E-state index in [9.17, 15) is 23.2 Å². The molecule has 1 aromatic carbocycles. The third kappa shape index (κ3) is 4.07. The van der Waals surface area contributed by atoms with Crippen molar-refractivity contribution in [3.63, 3.8) is 0 Å². The average molecular weight is 424 g/mol. The Hall–Kier alpha value is -1.88. The van der Waals surface area contributed by atoms with E-state index in [4.69, 9.17) is 0 Å². The molecule has 4 saturated carbocycles. The number of nitrogens with one attached hydrogen (secondary N) is 2. The summed E-state index contributed by atoms with van der Waals surface area (Å²) in [5, 5.41) is 12.5. The van der Waals surface area contributed by atoms with Gasteiger partial charge in [-0.1, -0.05) is 0 Å². The summed E-state index contributed by atoms with van der Waals surface area (Å²) < 4.78 is 42.6. The lowest BCUT2D eigenvalue weighted by Gasteiger charge is -2.50. The van der Waals surface area contributed by atoms with Gasteiger partial charge in [0.1, 0.15) is 0 Å². The molecule has 4 fully saturated rings. The second kappa shape index (κ2) is 6.83. The summed E-state index contributed by atoms with van der Waals surface area (Å²) in [7, 11) is 0. The van der Waals surface area contributed by atoms with Crippen LogP contribution in [0.4, 0.5) is 18.9 Å². The highest BCUT2D eigenvalue weighted by atomic mass is 32.2. The topological polar surface area (TPSA) is 64.9 Å². The normalized spacial score (nSPS) is 29.8. The summed E-state index contributed by atoms with van der Waals surface area (Å²) in [5.41, 5.74) is -0.961. The molecule has 4 aliphatic carbocycles. The number of nitrogens with zero attached hydrogens (tertiary/aromatic N) is 1. The van der Waals surface area contributed by atoms with E-state index in [0.717, 1.165) is 63.5 Å². The number of amides is 1. The zero-order chi connectivity index (χ0) is 20.9. The molecule has 1 aromatic rings. The Morgan fingerprint density at radius 3 is 2.24 bits per heavy atom. The molecule has 5 rings (SSSR count). The number of fused-ring (bicyclic) bond motifs is 3. The summed E-state index contributed by atoms with van der Waals surface area (Å²) in [4.78, 5) is 13.1. The van der Waals surface area contributed by atoms with Crippen LogP contribution in [0.1, 0.15) is 74.2 Å². The maximum atomic E-state index is 13.2. The molecule has 4 nitrogen and oxygen atoms in total. The number of benzene rings is 1. The Balaban J connectivity index is 1.55. The van der Waals surface area contributed by atoms with Gasteiger partial charge < -0.3 is 10.0 Å². The minimum Gasteiger partial charge on any atom is -0.347 e. The molecule has 1 amide bonds. The molecular weight excluding hydrogens is 399 g/mol. The molecule has 156 valence electrons. The Bertz CT molecular complexity index is 848. The number of carbonyl (C=O) groups excluding carboxylic acids is 1. The van der Waals surface area contributed by atoms with Gasteiger partial charge in [0.15, 0.2) is 0 Å². The van der Waals surface area contributed by atoms with Gasteiger partial charge in [-0.2, -0.15) is 18.4 Å². The molecule has 0 unspecified atom stereocenters. The van der Waals surface area contributed by atoms with Gasteiger partial charge >= 0.3 is 6.18 Å². The number of hydrogen-bond donors (Lipinski definition) is 2. The van der Waals surface area contributed by atoms with Crippen LogP contribution in [-0.4, -0.2) is 16.2 Å². The van der Waals surface area contributed by atoms with E-state index in [-0.39, 0.29) is 32.9 Å². The Labute approximate surface area is 172 Å². The van der Waals surface area contributed by atoms with Gasteiger partial charge in [0.05, 0.1) is 28.3 Å². The number of rotatable bonds is 5. The van der Waals surface area contributed by atoms with Gasteiger partial charge in [0, 0.05) is 10.3 Å². The fourth-order valence-electron chi connectivity index (χ4n) is 4.31. The molecule has 0 aliphatic heterocycles. The first-order valence-corrected chi connectivity index (χ1v) is 10.8.